The Balaban J connectivity index is 1.72. The van der Waals surface area contributed by atoms with Crippen LogP contribution >= 0.6 is 35.1 Å². The summed E-state index contributed by atoms with van der Waals surface area (Å²) in [6, 6.07) is 15.6. The van der Waals surface area contributed by atoms with Crippen LogP contribution < -0.4 is 4.90 Å². The zero-order valence-corrected chi connectivity index (χ0v) is 18.1. The second-order valence-electron chi connectivity index (χ2n) is 6.55. The number of benzene rings is 2. The smallest absolute Gasteiger partial charge is 0.269 e. The van der Waals surface area contributed by atoms with Crippen molar-refractivity contribution in [1.29, 1.82) is 0 Å². The lowest BCUT2D eigenvalue weighted by atomic mass is 10.3. The summed E-state index contributed by atoms with van der Waals surface area (Å²) in [7, 11) is 2.01. The van der Waals surface area contributed by atoms with E-state index in [0.717, 1.165) is 34.2 Å². The topological polar surface area (TPSA) is 35.9 Å². The minimum Gasteiger partial charge on any atom is -0.337 e. The van der Waals surface area contributed by atoms with Crippen LogP contribution in [0.3, 0.4) is 0 Å². The average Bonchev–Trinajstić information content (AvgIpc) is 3.17. The molecule has 2 aromatic rings. The first kappa shape index (κ1) is 19.4. The highest BCUT2D eigenvalue weighted by atomic mass is 35.5. The zero-order valence-electron chi connectivity index (χ0n) is 15.7. The van der Waals surface area contributed by atoms with Gasteiger partial charge in [-0.1, -0.05) is 54.9 Å². The molecule has 2 heterocycles. The summed E-state index contributed by atoms with van der Waals surface area (Å²) in [6.45, 7) is 2.79. The van der Waals surface area contributed by atoms with E-state index in [-0.39, 0.29) is 5.91 Å². The number of amides is 1. The Hall–Kier alpha value is -1.89. The fraction of sp³-hybridized carbons (Fsp3) is 0.238. The van der Waals surface area contributed by atoms with E-state index >= 15 is 0 Å². The molecule has 144 valence electrons. The number of halogens is 1. The predicted molar refractivity (Wildman–Crippen MR) is 120 cm³/mol. The number of nitrogens with zero attached hydrogens (tertiary/aromatic N) is 3. The molecule has 0 radical (unpaired) electrons. The second-order valence-corrected chi connectivity index (χ2v) is 8.99. The highest BCUT2D eigenvalue weighted by Gasteiger charge is 2.38. The van der Waals surface area contributed by atoms with Gasteiger partial charge in [-0.2, -0.15) is 0 Å². The molecule has 0 spiro atoms. The lowest BCUT2D eigenvalue weighted by molar-refractivity contribution is -0.122. The SMILES string of the molecule is CCCCN1C(=O)/C(=C2/Sc3ccccc3N2C)SC1=Nc1cccc(Cl)c1. The van der Waals surface area contributed by atoms with E-state index < -0.39 is 0 Å². The molecule has 0 atom stereocenters. The fourth-order valence-electron chi connectivity index (χ4n) is 3.09. The van der Waals surface area contributed by atoms with E-state index in [2.05, 4.69) is 24.0 Å². The van der Waals surface area contributed by atoms with Gasteiger partial charge in [0, 0.05) is 23.5 Å². The number of aliphatic imine (C=N–C) groups is 1. The summed E-state index contributed by atoms with van der Waals surface area (Å²) >= 11 is 9.20. The molecule has 1 amide bonds. The molecule has 4 rings (SSSR count). The van der Waals surface area contributed by atoms with Crippen molar-refractivity contribution in [3.8, 4) is 0 Å². The lowest BCUT2D eigenvalue weighted by Crippen LogP contribution is -2.30. The van der Waals surface area contributed by atoms with Crippen LogP contribution in [0, 0.1) is 0 Å². The molecule has 1 fully saturated rings. The number of amidine groups is 1. The van der Waals surface area contributed by atoms with Crippen molar-refractivity contribution in [1.82, 2.24) is 4.90 Å². The second kappa shape index (κ2) is 8.23. The summed E-state index contributed by atoms with van der Waals surface area (Å²) < 4.78 is 0. The third kappa shape index (κ3) is 3.69. The molecule has 0 unspecified atom stereocenters. The van der Waals surface area contributed by atoms with E-state index in [9.17, 15) is 4.79 Å². The molecule has 0 aromatic heterocycles. The first-order valence-electron chi connectivity index (χ1n) is 9.17. The van der Waals surface area contributed by atoms with Crippen molar-refractivity contribution >= 4 is 57.6 Å². The number of para-hydroxylation sites is 1. The highest BCUT2D eigenvalue weighted by molar-refractivity contribution is 8.19. The maximum Gasteiger partial charge on any atom is 0.269 e. The van der Waals surface area contributed by atoms with Gasteiger partial charge in [-0.15, -0.1) is 0 Å². The van der Waals surface area contributed by atoms with Gasteiger partial charge in [-0.3, -0.25) is 9.69 Å². The van der Waals surface area contributed by atoms with E-state index in [1.165, 1.54) is 16.7 Å². The average molecular weight is 430 g/mol. The van der Waals surface area contributed by atoms with Crippen molar-refractivity contribution in [2.24, 2.45) is 4.99 Å². The highest BCUT2D eigenvalue weighted by Crippen LogP contribution is 2.50. The number of hydrogen-bond donors (Lipinski definition) is 0. The van der Waals surface area contributed by atoms with Gasteiger partial charge in [-0.25, -0.2) is 4.99 Å². The van der Waals surface area contributed by atoms with Gasteiger partial charge in [-0.05, 0) is 48.5 Å². The number of thioether (sulfide) groups is 2. The van der Waals surface area contributed by atoms with E-state index in [0.29, 0.717) is 16.7 Å². The van der Waals surface area contributed by atoms with Crippen molar-refractivity contribution < 1.29 is 4.79 Å². The Morgan fingerprint density at radius 3 is 2.68 bits per heavy atom. The Kier molecular flexibility index (Phi) is 5.71. The lowest BCUT2D eigenvalue weighted by Gasteiger charge is -2.16. The maximum absolute atomic E-state index is 13.3. The van der Waals surface area contributed by atoms with Gasteiger partial charge in [0.25, 0.3) is 5.91 Å². The van der Waals surface area contributed by atoms with Crippen molar-refractivity contribution in [2.45, 2.75) is 24.7 Å². The minimum atomic E-state index is 0.0291. The first-order valence-corrected chi connectivity index (χ1v) is 11.2. The number of anilines is 1. The van der Waals surface area contributed by atoms with Crippen molar-refractivity contribution in [3.63, 3.8) is 0 Å². The van der Waals surface area contributed by atoms with Gasteiger partial charge in [0.2, 0.25) is 0 Å². The first-order chi connectivity index (χ1) is 13.6. The van der Waals surface area contributed by atoms with Gasteiger partial charge >= 0.3 is 0 Å². The number of hydrogen-bond acceptors (Lipinski definition) is 5. The molecule has 1 saturated heterocycles. The molecule has 0 aliphatic carbocycles. The van der Waals surface area contributed by atoms with Gasteiger partial charge in [0.15, 0.2) is 5.17 Å². The van der Waals surface area contributed by atoms with Crippen LogP contribution in [-0.4, -0.2) is 29.6 Å². The number of rotatable bonds is 4. The van der Waals surface area contributed by atoms with Gasteiger partial charge in [0.1, 0.15) is 4.91 Å². The summed E-state index contributed by atoms with van der Waals surface area (Å²) in [5.41, 5.74) is 1.88. The predicted octanol–water partition coefficient (Wildman–Crippen LogP) is 6.11. The monoisotopic (exact) mass is 429 g/mol. The number of carbonyl (C=O) groups is 1. The van der Waals surface area contributed by atoms with E-state index in [1.807, 2.05) is 43.4 Å². The number of carbonyl (C=O) groups excluding carboxylic acids is 1. The van der Waals surface area contributed by atoms with Crippen LogP contribution in [0.25, 0.3) is 0 Å². The van der Waals surface area contributed by atoms with Crippen molar-refractivity contribution in [3.05, 3.63) is 63.5 Å². The summed E-state index contributed by atoms with van der Waals surface area (Å²) in [5.74, 6) is 0.0291. The minimum absolute atomic E-state index is 0.0291. The Labute approximate surface area is 178 Å². The molecular formula is C21H20ClN3OS2. The van der Waals surface area contributed by atoms with Gasteiger partial charge in [0.05, 0.1) is 16.4 Å². The molecule has 2 aromatic carbocycles. The van der Waals surface area contributed by atoms with Crippen LogP contribution in [0.1, 0.15) is 19.8 Å². The van der Waals surface area contributed by atoms with Crippen LogP contribution in [0.15, 0.2) is 68.4 Å². The van der Waals surface area contributed by atoms with Crippen LogP contribution in [-0.2, 0) is 4.79 Å². The fourth-order valence-corrected chi connectivity index (χ4v) is 5.64. The molecule has 0 N–H and O–H groups in total. The standard InChI is InChI=1S/C21H20ClN3OS2/c1-3-4-12-25-19(26)18(20-24(2)16-10-5-6-11-17(16)27-20)28-21(25)23-15-9-7-8-14(22)13-15/h5-11,13H,3-4,12H2,1-2H3/b20-18-,23-21?. The number of fused-ring (bicyclic) bond motifs is 1. The van der Waals surface area contributed by atoms with Crippen LogP contribution in [0.2, 0.25) is 5.02 Å². The van der Waals surface area contributed by atoms with Crippen molar-refractivity contribution in [2.75, 3.05) is 18.5 Å². The molecule has 28 heavy (non-hydrogen) atoms. The third-order valence-electron chi connectivity index (χ3n) is 4.56. The summed E-state index contributed by atoms with van der Waals surface area (Å²) in [5, 5.41) is 2.32. The quantitative estimate of drug-likeness (QED) is 0.549. The van der Waals surface area contributed by atoms with Gasteiger partial charge < -0.3 is 4.90 Å². The third-order valence-corrected chi connectivity index (χ3v) is 7.23. The largest absolute Gasteiger partial charge is 0.337 e. The summed E-state index contributed by atoms with van der Waals surface area (Å²) in [4.78, 5) is 23.8. The number of unbranched alkanes of at least 4 members (excludes halogenated alkanes) is 1. The molecule has 2 aliphatic heterocycles. The normalized spacial score (nSPS) is 20.4. The molecular weight excluding hydrogens is 410 g/mol. The molecule has 4 nitrogen and oxygen atoms in total. The molecule has 0 bridgehead atoms. The summed E-state index contributed by atoms with van der Waals surface area (Å²) in [6.07, 6.45) is 1.96. The van der Waals surface area contributed by atoms with E-state index in [1.54, 1.807) is 16.7 Å². The Morgan fingerprint density at radius 1 is 1.11 bits per heavy atom. The van der Waals surface area contributed by atoms with Crippen LogP contribution in [0.4, 0.5) is 11.4 Å². The van der Waals surface area contributed by atoms with Crippen LogP contribution in [0.5, 0.6) is 0 Å². The molecule has 0 saturated carbocycles. The van der Waals surface area contributed by atoms with E-state index in [4.69, 9.17) is 16.6 Å². The molecule has 2 aliphatic rings. The Bertz CT molecular complexity index is 989. The maximum atomic E-state index is 13.3. The molecule has 7 heteroatoms. The Morgan fingerprint density at radius 2 is 1.93 bits per heavy atom. The zero-order chi connectivity index (χ0) is 19.7.